The lowest BCUT2D eigenvalue weighted by Crippen LogP contribution is -2.47. The van der Waals surface area contributed by atoms with Crippen LogP contribution in [0.5, 0.6) is 0 Å². The Bertz CT molecular complexity index is 1890. The average molecular weight is 769 g/mol. The van der Waals surface area contributed by atoms with Gasteiger partial charge in [-0.1, -0.05) is 34.7 Å². The van der Waals surface area contributed by atoms with Crippen LogP contribution in [0.4, 0.5) is 5.82 Å². The predicted molar refractivity (Wildman–Crippen MR) is 173 cm³/mol. The number of aromatic nitrogens is 6. The van der Waals surface area contributed by atoms with Crippen LogP contribution in [0.25, 0.3) is 22.0 Å². The minimum absolute atomic E-state index is 0.183. The number of nitrogens with zero attached hydrogens (tertiary/aromatic N) is 7. The lowest BCUT2D eigenvalue weighted by atomic mass is 10.0. The van der Waals surface area contributed by atoms with Crippen molar-refractivity contribution in [3.63, 3.8) is 0 Å². The molecular weight excluding hydrogens is 743 g/mol. The predicted octanol–water partition coefficient (Wildman–Crippen LogP) is 5.24. The number of likely N-dealkylation sites (tertiary alicyclic amines) is 1. The van der Waals surface area contributed by atoms with Crippen LogP contribution in [-0.4, -0.2) is 62.3 Å². The van der Waals surface area contributed by atoms with E-state index in [4.69, 9.17) is 4.42 Å². The minimum atomic E-state index is -0.818. The Morgan fingerprint density at radius 1 is 1.09 bits per heavy atom. The van der Waals surface area contributed by atoms with Gasteiger partial charge in [-0.05, 0) is 65.5 Å². The number of pyridine rings is 1. The summed E-state index contributed by atoms with van der Waals surface area (Å²) < 4.78 is 7.27. The molecular formula is C30H26BrIN8O4. The number of hydrogen-bond acceptors (Lipinski definition) is 9. The molecule has 0 spiro atoms. The van der Waals surface area contributed by atoms with E-state index in [9.17, 15) is 14.4 Å². The Hall–Kier alpha value is -4.05. The van der Waals surface area contributed by atoms with Crippen molar-refractivity contribution in [2.24, 2.45) is 0 Å². The van der Waals surface area contributed by atoms with Crippen LogP contribution in [0.1, 0.15) is 46.9 Å². The Labute approximate surface area is 273 Å². The average Bonchev–Trinajstić information content (AvgIpc) is 3.73. The van der Waals surface area contributed by atoms with Gasteiger partial charge in [0.15, 0.2) is 12.2 Å². The SMILES string of the molecule is CC(=O)c1nn(CC(=O)N2[C@H](I)[C@@H](c3cnco3)C[C@H]2C(=O)Nc2nc(Br)ccc2C)c2ccc(-c3cnc(C)nc3)cc12. The molecule has 0 saturated carbocycles. The highest BCUT2D eigenvalue weighted by Crippen LogP contribution is 2.42. The van der Waals surface area contributed by atoms with E-state index in [0.717, 1.165) is 16.7 Å². The van der Waals surface area contributed by atoms with Gasteiger partial charge < -0.3 is 14.6 Å². The van der Waals surface area contributed by atoms with E-state index in [-0.39, 0.29) is 35.8 Å². The molecule has 44 heavy (non-hydrogen) atoms. The van der Waals surface area contributed by atoms with Crippen molar-refractivity contribution in [2.75, 3.05) is 5.32 Å². The second-order valence-corrected chi connectivity index (χ2v) is 12.6. The molecule has 4 aromatic heterocycles. The number of hydrogen-bond donors (Lipinski definition) is 1. The maximum atomic E-state index is 14.1. The molecule has 0 aliphatic carbocycles. The number of carbonyl (C=O) groups is 3. The number of oxazole rings is 1. The Morgan fingerprint density at radius 2 is 1.86 bits per heavy atom. The highest BCUT2D eigenvalue weighted by atomic mass is 127. The number of Topliss-reactive ketones (excluding diaryl/α,β-unsaturated/α-hetero) is 1. The van der Waals surface area contributed by atoms with Gasteiger partial charge in [-0.25, -0.2) is 19.9 Å². The topological polar surface area (TPSA) is 149 Å². The van der Waals surface area contributed by atoms with Crippen LogP contribution in [0, 0.1) is 13.8 Å². The Balaban J connectivity index is 1.33. The largest absolute Gasteiger partial charge is 0.448 e. The summed E-state index contributed by atoms with van der Waals surface area (Å²) in [6.45, 7) is 4.91. The van der Waals surface area contributed by atoms with Crippen LogP contribution in [-0.2, 0) is 16.1 Å². The van der Waals surface area contributed by atoms with Crippen LogP contribution < -0.4 is 5.32 Å². The molecule has 0 bridgehead atoms. The van der Waals surface area contributed by atoms with Crippen LogP contribution in [0.3, 0.4) is 0 Å². The third-order valence-corrected chi connectivity index (χ3v) is 9.52. The molecule has 1 aliphatic rings. The fourth-order valence-corrected chi connectivity index (χ4v) is 7.02. The van der Waals surface area contributed by atoms with Gasteiger partial charge in [-0.2, -0.15) is 5.10 Å². The fourth-order valence-electron chi connectivity index (χ4n) is 5.36. The van der Waals surface area contributed by atoms with Gasteiger partial charge in [0.1, 0.15) is 40.3 Å². The molecule has 224 valence electrons. The van der Waals surface area contributed by atoms with Gasteiger partial charge in [0, 0.05) is 30.3 Å². The monoisotopic (exact) mass is 768 g/mol. The highest BCUT2D eigenvalue weighted by Gasteiger charge is 2.48. The number of nitrogens with one attached hydrogen (secondary N) is 1. The normalized spacial score (nSPS) is 18.1. The second-order valence-electron chi connectivity index (χ2n) is 10.5. The van der Waals surface area contributed by atoms with Crippen molar-refractivity contribution in [2.45, 2.75) is 49.7 Å². The van der Waals surface area contributed by atoms with E-state index in [2.05, 4.69) is 68.9 Å². The zero-order valence-electron chi connectivity index (χ0n) is 23.9. The van der Waals surface area contributed by atoms with E-state index in [0.29, 0.717) is 39.3 Å². The van der Waals surface area contributed by atoms with Crippen LogP contribution in [0.2, 0.25) is 0 Å². The number of ketones is 1. The molecule has 1 N–H and O–H groups in total. The van der Waals surface area contributed by atoms with Crippen molar-refractivity contribution in [3.8, 4) is 11.1 Å². The Kier molecular flexibility index (Phi) is 8.28. The molecule has 3 atom stereocenters. The molecule has 1 aliphatic heterocycles. The summed E-state index contributed by atoms with van der Waals surface area (Å²) in [5, 5.41) is 8.06. The molecule has 5 heterocycles. The van der Waals surface area contributed by atoms with Gasteiger partial charge in [0.2, 0.25) is 11.8 Å². The first kappa shape index (κ1) is 30.0. The van der Waals surface area contributed by atoms with Gasteiger partial charge in [0.25, 0.3) is 0 Å². The molecule has 2 amide bonds. The first-order valence-corrected chi connectivity index (χ1v) is 15.7. The van der Waals surface area contributed by atoms with E-state index in [1.807, 2.05) is 38.1 Å². The second kappa shape index (κ2) is 12.1. The summed E-state index contributed by atoms with van der Waals surface area (Å²) in [6, 6.07) is 8.37. The van der Waals surface area contributed by atoms with Crippen LogP contribution >= 0.6 is 38.5 Å². The third-order valence-electron chi connectivity index (χ3n) is 7.61. The molecule has 1 saturated heterocycles. The van der Waals surface area contributed by atoms with Gasteiger partial charge in [-0.15, -0.1) is 0 Å². The Morgan fingerprint density at radius 3 is 2.57 bits per heavy atom. The van der Waals surface area contributed by atoms with Gasteiger partial charge in [0.05, 0.1) is 21.7 Å². The van der Waals surface area contributed by atoms with Gasteiger partial charge in [-0.3, -0.25) is 19.1 Å². The van der Waals surface area contributed by atoms with Crippen molar-refractivity contribution in [1.82, 2.24) is 34.6 Å². The third kappa shape index (κ3) is 5.75. The van der Waals surface area contributed by atoms with Crippen LogP contribution in [0.15, 0.2) is 64.3 Å². The van der Waals surface area contributed by atoms with E-state index >= 15 is 0 Å². The molecule has 14 heteroatoms. The van der Waals surface area contributed by atoms with E-state index in [1.165, 1.54) is 18.0 Å². The maximum Gasteiger partial charge on any atom is 0.248 e. The number of fused-ring (bicyclic) bond motifs is 1. The lowest BCUT2D eigenvalue weighted by molar-refractivity contribution is -0.137. The summed E-state index contributed by atoms with van der Waals surface area (Å²) in [7, 11) is 0. The van der Waals surface area contributed by atoms with Crippen molar-refractivity contribution in [3.05, 3.63) is 82.8 Å². The number of alkyl halides is 1. The molecule has 5 aromatic rings. The maximum absolute atomic E-state index is 14.1. The first-order valence-electron chi connectivity index (χ1n) is 13.7. The number of benzene rings is 1. The van der Waals surface area contributed by atoms with E-state index < -0.39 is 10.1 Å². The summed E-state index contributed by atoms with van der Waals surface area (Å²) in [5.74, 6) is 0.453. The molecule has 0 unspecified atom stereocenters. The molecule has 12 nitrogen and oxygen atoms in total. The molecule has 0 radical (unpaired) electrons. The quantitative estimate of drug-likeness (QED) is 0.0772. The van der Waals surface area contributed by atoms with Gasteiger partial charge >= 0.3 is 0 Å². The summed E-state index contributed by atoms with van der Waals surface area (Å²) in [6.07, 6.45) is 6.72. The van der Waals surface area contributed by atoms with Crippen molar-refractivity contribution in [1.29, 1.82) is 0 Å². The number of carbonyl (C=O) groups excluding carboxylic acids is 3. The number of aryl methyl sites for hydroxylation is 2. The zero-order chi connectivity index (χ0) is 31.1. The molecule has 1 fully saturated rings. The number of halogens is 2. The summed E-state index contributed by atoms with van der Waals surface area (Å²) in [5.41, 5.74) is 3.27. The fraction of sp³-hybridized carbons (Fsp3) is 0.267. The minimum Gasteiger partial charge on any atom is -0.448 e. The smallest absolute Gasteiger partial charge is 0.248 e. The number of rotatable bonds is 7. The van der Waals surface area contributed by atoms with E-state index in [1.54, 1.807) is 29.6 Å². The highest BCUT2D eigenvalue weighted by molar-refractivity contribution is 14.1. The lowest BCUT2D eigenvalue weighted by Gasteiger charge is -2.27. The van der Waals surface area contributed by atoms with Crippen molar-refractivity contribution < 1.29 is 18.8 Å². The molecule has 6 rings (SSSR count). The summed E-state index contributed by atoms with van der Waals surface area (Å²) in [4.78, 5) is 59.0. The molecule has 1 aromatic carbocycles. The number of amides is 2. The zero-order valence-corrected chi connectivity index (χ0v) is 27.6. The van der Waals surface area contributed by atoms with Crippen molar-refractivity contribution >= 4 is 72.8 Å². The standard InChI is InChI=1S/C30H26BrIN8O4/c1-15-4-7-25(31)36-29(15)37-30(43)23-9-21(24-12-33-14-44-24)28(32)40(23)26(42)13-39-22-6-5-18(19-10-34-17(3)35-11-19)8-20(22)27(38-39)16(2)41/h4-8,10-12,14,21,23,28H,9,13H2,1-3H3,(H,36,37,43)/t21-,23+,28+/m1/s1. The number of anilines is 1. The first-order chi connectivity index (χ1) is 21.1. The summed E-state index contributed by atoms with van der Waals surface area (Å²) >= 11 is 5.52.